The number of piperazine rings is 1. The molecule has 1 fully saturated rings. The molecule has 134 valence electrons. The molecule has 0 saturated carbocycles. The fourth-order valence-corrected chi connectivity index (χ4v) is 3.37. The minimum Gasteiger partial charge on any atom is -0.368 e. The van der Waals surface area contributed by atoms with Gasteiger partial charge in [-0.2, -0.15) is 0 Å². The Morgan fingerprint density at radius 3 is 2.73 bits per heavy atom. The van der Waals surface area contributed by atoms with Crippen molar-refractivity contribution in [2.75, 3.05) is 31.1 Å². The Bertz CT molecular complexity index is 1040. The van der Waals surface area contributed by atoms with Gasteiger partial charge in [-0.1, -0.05) is 22.9 Å². The summed E-state index contributed by atoms with van der Waals surface area (Å²) < 4.78 is 1.35. The molecule has 0 unspecified atom stereocenters. The van der Waals surface area contributed by atoms with E-state index in [0.717, 1.165) is 5.69 Å². The van der Waals surface area contributed by atoms with Crippen molar-refractivity contribution in [3.05, 3.63) is 57.2 Å². The molecule has 26 heavy (non-hydrogen) atoms. The highest BCUT2D eigenvalue weighted by atomic mass is 35.5. The largest absolute Gasteiger partial charge is 0.368 e. The number of carbonyl (C=O) groups excluding carboxylic acids is 1. The topological polar surface area (TPSA) is 86.6 Å². The van der Waals surface area contributed by atoms with Gasteiger partial charge in [0.05, 0.1) is 6.20 Å². The first kappa shape index (κ1) is 16.6. The van der Waals surface area contributed by atoms with E-state index in [4.69, 9.17) is 11.6 Å². The Kier molecular flexibility index (Phi) is 4.12. The van der Waals surface area contributed by atoms with Gasteiger partial charge in [0.2, 0.25) is 0 Å². The number of fused-ring (bicyclic) bond motifs is 1. The molecule has 1 aliphatic rings. The third kappa shape index (κ3) is 2.92. The van der Waals surface area contributed by atoms with E-state index in [9.17, 15) is 9.59 Å². The molecule has 0 spiro atoms. The Morgan fingerprint density at radius 2 is 2.00 bits per heavy atom. The van der Waals surface area contributed by atoms with Crippen LogP contribution in [0.2, 0.25) is 5.02 Å². The number of carbonyl (C=O) groups is 1. The Balaban J connectivity index is 1.53. The predicted molar refractivity (Wildman–Crippen MR) is 97.9 cm³/mol. The van der Waals surface area contributed by atoms with Crippen LogP contribution >= 0.6 is 11.6 Å². The van der Waals surface area contributed by atoms with Crippen LogP contribution < -0.4 is 10.5 Å². The highest BCUT2D eigenvalue weighted by Crippen LogP contribution is 2.21. The molecule has 1 N–H and O–H groups in total. The van der Waals surface area contributed by atoms with Crippen LogP contribution in [0.5, 0.6) is 0 Å². The average molecular weight is 373 g/mol. The van der Waals surface area contributed by atoms with Crippen molar-refractivity contribution in [3.8, 4) is 0 Å². The number of anilines is 1. The summed E-state index contributed by atoms with van der Waals surface area (Å²) in [5, 5.41) is 8.52. The van der Waals surface area contributed by atoms with Crippen molar-refractivity contribution in [1.29, 1.82) is 0 Å². The molecule has 1 aromatic carbocycles. The molecule has 0 bridgehead atoms. The smallest absolute Gasteiger partial charge is 0.277 e. The van der Waals surface area contributed by atoms with Crippen LogP contribution in [0.3, 0.4) is 0 Å². The quantitative estimate of drug-likeness (QED) is 0.733. The van der Waals surface area contributed by atoms with Gasteiger partial charge in [0.15, 0.2) is 11.2 Å². The maximum Gasteiger partial charge on any atom is 0.277 e. The second kappa shape index (κ2) is 6.45. The molecule has 1 amide bonds. The lowest BCUT2D eigenvalue weighted by Crippen LogP contribution is -2.49. The van der Waals surface area contributed by atoms with Gasteiger partial charge < -0.3 is 14.8 Å². The number of benzene rings is 1. The molecular formula is C17H17ClN6O2. The van der Waals surface area contributed by atoms with Crippen LogP contribution in [0.4, 0.5) is 5.69 Å². The standard InChI is InChI=1S/C17H17ClN6O2/c1-11-10-24-15(16(25)19-11)14(20-21-24)17(26)23-7-5-22(6-8-23)13-4-2-3-12(18)9-13/h2-4,9-10H,5-8H2,1H3,(H,19,25). The maximum atomic E-state index is 12.8. The number of aryl methyl sites for hydroxylation is 1. The Hall–Kier alpha value is -2.87. The van der Waals surface area contributed by atoms with Crippen molar-refractivity contribution in [1.82, 2.24) is 24.7 Å². The molecular weight excluding hydrogens is 356 g/mol. The Labute approximate surface area is 154 Å². The number of halogens is 1. The first-order valence-corrected chi connectivity index (χ1v) is 8.65. The number of H-pyrrole nitrogens is 1. The van der Waals surface area contributed by atoms with E-state index >= 15 is 0 Å². The molecule has 0 atom stereocenters. The summed E-state index contributed by atoms with van der Waals surface area (Å²) in [6, 6.07) is 7.65. The van der Waals surface area contributed by atoms with Crippen LogP contribution in [-0.2, 0) is 0 Å². The molecule has 8 nitrogen and oxygen atoms in total. The zero-order chi connectivity index (χ0) is 18.3. The monoisotopic (exact) mass is 372 g/mol. The lowest BCUT2D eigenvalue weighted by molar-refractivity contribution is 0.0742. The van der Waals surface area contributed by atoms with Gasteiger partial charge in [-0.05, 0) is 25.1 Å². The van der Waals surface area contributed by atoms with Crippen molar-refractivity contribution < 1.29 is 4.79 Å². The van der Waals surface area contributed by atoms with E-state index in [1.165, 1.54) is 4.52 Å². The van der Waals surface area contributed by atoms with Crippen LogP contribution in [0.15, 0.2) is 35.3 Å². The summed E-state index contributed by atoms with van der Waals surface area (Å²) in [6.45, 7) is 4.18. The number of nitrogens with one attached hydrogen (secondary N) is 1. The van der Waals surface area contributed by atoms with Gasteiger partial charge in [-0.25, -0.2) is 4.52 Å². The normalized spacial score (nSPS) is 14.8. The van der Waals surface area contributed by atoms with E-state index in [2.05, 4.69) is 20.2 Å². The number of aromatic amines is 1. The lowest BCUT2D eigenvalue weighted by Gasteiger charge is -2.35. The fraction of sp³-hybridized carbons (Fsp3) is 0.294. The fourth-order valence-electron chi connectivity index (χ4n) is 3.18. The molecule has 1 saturated heterocycles. The average Bonchev–Trinajstić information content (AvgIpc) is 3.05. The zero-order valence-electron chi connectivity index (χ0n) is 14.1. The predicted octanol–water partition coefficient (Wildman–Crippen LogP) is 1.34. The van der Waals surface area contributed by atoms with Crippen LogP contribution in [-0.4, -0.2) is 56.8 Å². The zero-order valence-corrected chi connectivity index (χ0v) is 14.9. The van der Waals surface area contributed by atoms with Crippen molar-refractivity contribution in [3.63, 3.8) is 0 Å². The number of amides is 1. The molecule has 4 rings (SSSR count). The third-order valence-electron chi connectivity index (χ3n) is 4.48. The number of nitrogens with zero attached hydrogens (tertiary/aromatic N) is 5. The number of hydrogen-bond donors (Lipinski definition) is 1. The van der Waals surface area contributed by atoms with E-state index in [1.807, 2.05) is 24.3 Å². The summed E-state index contributed by atoms with van der Waals surface area (Å²) in [5.74, 6) is -0.278. The number of hydrogen-bond acceptors (Lipinski definition) is 5. The van der Waals surface area contributed by atoms with Crippen LogP contribution in [0.1, 0.15) is 16.2 Å². The second-order valence-corrected chi connectivity index (χ2v) is 6.69. The Morgan fingerprint density at radius 1 is 1.23 bits per heavy atom. The van der Waals surface area contributed by atoms with E-state index < -0.39 is 0 Å². The summed E-state index contributed by atoms with van der Waals surface area (Å²) in [7, 11) is 0. The molecule has 0 aliphatic carbocycles. The van der Waals surface area contributed by atoms with E-state index in [-0.39, 0.29) is 22.7 Å². The SMILES string of the molecule is Cc1cn2nnc(C(=O)N3CCN(c4cccc(Cl)c4)CC3)c2c(=O)[nH]1. The first-order chi connectivity index (χ1) is 12.5. The highest BCUT2D eigenvalue weighted by molar-refractivity contribution is 6.30. The number of rotatable bonds is 2. The summed E-state index contributed by atoms with van der Waals surface area (Å²) in [6.07, 6.45) is 1.64. The van der Waals surface area contributed by atoms with Crippen molar-refractivity contribution in [2.45, 2.75) is 6.92 Å². The van der Waals surface area contributed by atoms with Gasteiger partial charge in [0, 0.05) is 42.6 Å². The second-order valence-electron chi connectivity index (χ2n) is 6.26. The molecule has 2 aromatic heterocycles. The highest BCUT2D eigenvalue weighted by Gasteiger charge is 2.27. The van der Waals surface area contributed by atoms with Gasteiger partial charge in [0.1, 0.15) is 0 Å². The number of aromatic nitrogens is 4. The summed E-state index contributed by atoms with van der Waals surface area (Å²) >= 11 is 6.05. The summed E-state index contributed by atoms with van der Waals surface area (Å²) in [5.41, 5.74) is 1.59. The first-order valence-electron chi connectivity index (χ1n) is 8.27. The van der Waals surface area contributed by atoms with Gasteiger partial charge in [0.25, 0.3) is 11.5 Å². The molecule has 1 aliphatic heterocycles. The van der Waals surface area contributed by atoms with E-state index in [1.54, 1.807) is 18.0 Å². The molecule has 0 radical (unpaired) electrons. The van der Waals surface area contributed by atoms with Gasteiger partial charge in [-0.3, -0.25) is 9.59 Å². The third-order valence-corrected chi connectivity index (χ3v) is 4.71. The van der Waals surface area contributed by atoms with Crippen LogP contribution in [0.25, 0.3) is 5.52 Å². The molecule has 9 heteroatoms. The van der Waals surface area contributed by atoms with Gasteiger partial charge >= 0.3 is 0 Å². The van der Waals surface area contributed by atoms with Crippen molar-refractivity contribution >= 4 is 28.7 Å². The summed E-state index contributed by atoms with van der Waals surface area (Å²) in [4.78, 5) is 31.6. The maximum absolute atomic E-state index is 12.8. The van der Waals surface area contributed by atoms with Gasteiger partial charge in [-0.15, -0.1) is 5.10 Å². The lowest BCUT2D eigenvalue weighted by atomic mass is 10.2. The van der Waals surface area contributed by atoms with E-state index in [0.29, 0.717) is 36.9 Å². The molecule has 3 heterocycles. The minimum absolute atomic E-state index is 0.0856. The molecule has 3 aromatic rings. The minimum atomic E-state index is -0.365. The van der Waals surface area contributed by atoms with Crippen molar-refractivity contribution in [2.24, 2.45) is 0 Å². The van der Waals surface area contributed by atoms with Crippen LogP contribution in [0, 0.1) is 6.92 Å².